The van der Waals surface area contributed by atoms with Crippen LogP contribution < -0.4 is 5.73 Å². The van der Waals surface area contributed by atoms with Crippen LogP contribution in [0.5, 0.6) is 0 Å². The third-order valence-electron chi connectivity index (χ3n) is 3.21. The number of nitrogens with two attached hydrogens (primary N) is 1. The quantitative estimate of drug-likeness (QED) is 0.827. The minimum absolute atomic E-state index is 0.653. The molecule has 1 fully saturated rings. The van der Waals surface area contributed by atoms with Crippen molar-refractivity contribution in [3.8, 4) is 0 Å². The van der Waals surface area contributed by atoms with Crippen molar-refractivity contribution in [3.63, 3.8) is 0 Å². The molecule has 0 radical (unpaired) electrons. The van der Waals surface area contributed by atoms with Crippen LogP contribution in [-0.2, 0) is 6.42 Å². The van der Waals surface area contributed by atoms with Crippen LogP contribution in [0.4, 0.5) is 0 Å². The highest BCUT2D eigenvalue weighted by Gasteiger charge is 2.23. The molecule has 1 heterocycles. The molecule has 2 rings (SSSR count). The maximum absolute atomic E-state index is 5.66. The van der Waals surface area contributed by atoms with E-state index in [0.717, 1.165) is 24.5 Å². The van der Waals surface area contributed by atoms with Gasteiger partial charge in [0.05, 0.1) is 5.69 Å². The van der Waals surface area contributed by atoms with Crippen molar-refractivity contribution in [3.05, 3.63) is 17.3 Å². The van der Waals surface area contributed by atoms with E-state index in [0.29, 0.717) is 12.5 Å². The molecular weight excluding hydrogens is 188 g/mol. The fourth-order valence-electron chi connectivity index (χ4n) is 2.40. The molecule has 1 saturated carbocycles. The lowest BCUT2D eigenvalue weighted by molar-refractivity contribution is 0.464. The molecule has 84 valence electrons. The van der Waals surface area contributed by atoms with Gasteiger partial charge in [0.25, 0.3) is 0 Å². The van der Waals surface area contributed by atoms with Gasteiger partial charge in [-0.15, -0.1) is 0 Å². The zero-order chi connectivity index (χ0) is 10.7. The zero-order valence-electron chi connectivity index (χ0n) is 9.46. The number of aryl methyl sites for hydroxylation is 2. The Balaban J connectivity index is 2.06. The van der Waals surface area contributed by atoms with E-state index in [1.807, 2.05) is 6.92 Å². The molecule has 0 aliphatic heterocycles. The zero-order valence-corrected chi connectivity index (χ0v) is 9.46. The van der Waals surface area contributed by atoms with Crippen LogP contribution in [0.15, 0.2) is 4.42 Å². The molecule has 1 aromatic heterocycles. The predicted molar refractivity (Wildman–Crippen MR) is 59.8 cm³/mol. The van der Waals surface area contributed by atoms with Gasteiger partial charge >= 0.3 is 0 Å². The van der Waals surface area contributed by atoms with E-state index in [2.05, 4.69) is 4.98 Å². The minimum Gasteiger partial charge on any atom is -0.446 e. The smallest absolute Gasteiger partial charge is 0.194 e. The lowest BCUT2D eigenvalue weighted by Crippen LogP contribution is -2.01. The van der Waals surface area contributed by atoms with E-state index in [1.54, 1.807) is 0 Å². The monoisotopic (exact) mass is 208 g/mol. The second-order valence-corrected chi connectivity index (χ2v) is 4.42. The topological polar surface area (TPSA) is 52.0 Å². The van der Waals surface area contributed by atoms with E-state index in [9.17, 15) is 0 Å². The van der Waals surface area contributed by atoms with Gasteiger partial charge in [0.2, 0.25) is 0 Å². The molecule has 0 amide bonds. The van der Waals surface area contributed by atoms with Crippen LogP contribution in [-0.4, -0.2) is 11.5 Å². The first kappa shape index (κ1) is 10.7. The fourth-order valence-corrected chi connectivity index (χ4v) is 2.40. The predicted octanol–water partition coefficient (Wildman–Crippen LogP) is 2.53. The van der Waals surface area contributed by atoms with Gasteiger partial charge in [-0.05, 0) is 32.7 Å². The Morgan fingerprint density at radius 1 is 1.40 bits per heavy atom. The molecule has 15 heavy (non-hydrogen) atoms. The van der Waals surface area contributed by atoms with Gasteiger partial charge in [0.1, 0.15) is 5.76 Å². The molecule has 1 aliphatic carbocycles. The Kier molecular flexibility index (Phi) is 3.41. The summed E-state index contributed by atoms with van der Waals surface area (Å²) < 4.78 is 5.66. The summed E-state index contributed by atoms with van der Waals surface area (Å²) in [5, 5.41) is 0. The van der Waals surface area contributed by atoms with Gasteiger partial charge in [-0.3, -0.25) is 0 Å². The van der Waals surface area contributed by atoms with Gasteiger partial charge < -0.3 is 10.2 Å². The van der Waals surface area contributed by atoms with Gasteiger partial charge in [-0.1, -0.05) is 12.8 Å². The Bertz CT molecular complexity index is 313. The maximum Gasteiger partial charge on any atom is 0.194 e. The van der Waals surface area contributed by atoms with Crippen LogP contribution in [0.1, 0.15) is 55.4 Å². The van der Waals surface area contributed by atoms with Gasteiger partial charge in [0, 0.05) is 12.3 Å². The van der Waals surface area contributed by atoms with Crippen molar-refractivity contribution in [1.82, 2.24) is 4.98 Å². The Morgan fingerprint density at radius 3 is 2.80 bits per heavy atom. The van der Waals surface area contributed by atoms with E-state index in [-0.39, 0.29) is 0 Å². The van der Waals surface area contributed by atoms with Crippen molar-refractivity contribution >= 4 is 0 Å². The Morgan fingerprint density at radius 2 is 2.13 bits per heavy atom. The molecule has 0 atom stereocenters. The average Bonchev–Trinajstić information content (AvgIpc) is 2.83. The van der Waals surface area contributed by atoms with E-state index in [4.69, 9.17) is 10.2 Å². The molecule has 0 aromatic carbocycles. The van der Waals surface area contributed by atoms with E-state index in [1.165, 1.54) is 31.4 Å². The first-order valence-electron chi connectivity index (χ1n) is 5.97. The third-order valence-corrected chi connectivity index (χ3v) is 3.21. The normalized spacial score (nSPS) is 17.5. The summed E-state index contributed by atoms with van der Waals surface area (Å²) in [5.41, 5.74) is 6.68. The van der Waals surface area contributed by atoms with E-state index < -0.39 is 0 Å². The molecule has 0 unspecified atom stereocenters. The van der Waals surface area contributed by atoms with Crippen LogP contribution >= 0.6 is 0 Å². The van der Waals surface area contributed by atoms with Crippen LogP contribution in [0.3, 0.4) is 0 Å². The first-order chi connectivity index (χ1) is 7.31. The molecule has 1 aromatic rings. The number of aromatic nitrogens is 1. The van der Waals surface area contributed by atoms with Crippen molar-refractivity contribution in [1.29, 1.82) is 0 Å². The van der Waals surface area contributed by atoms with Crippen LogP contribution in [0.25, 0.3) is 0 Å². The summed E-state index contributed by atoms with van der Waals surface area (Å²) in [6.45, 7) is 2.74. The molecule has 3 heteroatoms. The lowest BCUT2D eigenvalue weighted by atomic mass is 10.0. The largest absolute Gasteiger partial charge is 0.446 e. The van der Waals surface area contributed by atoms with Crippen molar-refractivity contribution in [2.24, 2.45) is 5.73 Å². The standard InChI is InChI=1S/C12H20N2O/c1-9-12(10-5-2-3-6-10)14-11(15-9)7-4-8-13/h10H,2-8,13H2,1H3. The van der Waals surface area contributed by atoms with Gasteiger partial charge in [-0.25, -0.2) is 4.98 Å². The Labute approximate surface area is 91.1 Å². The molecule has 0 bridgehead atoms. The number of rotatable bonds is 4. The first-order valence-corrected chi connectivity index (χ1v) is 5.97. The molecule has 1 aliphatic rings. The summed E-state index contributed by atoms with van der Waals surface area (Å²) in [7, 11) is 0. The van der Waals surface area contributed by atoms with Crippen LogP contribution in [0, 0.1) is 6.92 Å². The SMILES string of the molecule is Cc1oc(CCCN)nc1C1CCCC1. The van der Waals surface area contributed by atoms with Crippen molar-refractivity contribution in [2.75, 3.05) is 6.54 Å². The van der Waals surface area contributed by atoms with Crippen molar-refractivity contribution < 1.29 is 4.42 Å². The molecule has 0 spiro atoms. The highest BCUT2D eigenvalue weighted by molar-refractivity contribution is 5.15. The highest BCUT2D eigenvalue weighted by atomic mass is 16.4. The minimum atomic E-state index is 0.653. The summed E-state index contributed by atoms with van der Waals surface area (Å²) in [6, 6.07) is 0. The number of oxazole rings is 1. The average molecular weight is 208 g/mol. The lowest BCUT2D eigenvalue weighted by Gasteiger charge is -2.03. The molecule has 2 N–H and O–H groups in total. The second-order valence-electron chi connectivity index (χ2n) is 4.42. The molecule has 0 saturated heterocycles. The number of hydrogen-bond donors (Lipinski definition) is 1. The fraction of sp³-hybridized carbons (Fsp3) is 0.750. The Hall–Kier alpha value is -0.830. The molecular formula is C12H20N2O. The van der Waals surface area contributed by atoms with Crippen LogP contribution in [0.2, 0.25) is 0 Å². The summed E-state index contributed by atoms with van der Waals surface area (Å²) >= 11 is 0. The number of nitrogens with zero attached hydrogens (tertiary/aromatic N) is 1. The maximum atomic E-state index is 5.66. The second kappa shape index (κ2) is 4.79. The summed E-state index contributed by atoms with van der Waals surface area (Å²) in [4.78, 5) is 4.61. The highest BCUT2D eigenvalue weighted by Crippen LogP contribution is 2.35. The summed E-state index contributed by atoms with van der Waals surface area (Å²) in [6.07, 6.45) is 7.09. The van der Waals surface area contributed by atoms with E-state index >= 15 is 0 Å². The summed E-state index contributed by atoms with van der Waals surface area (Å²) in [5.74, 6) is 2.55. The third kappa shape index (κ3) is 2.40. The van der Waals surface area contributed by atoms with Crippen molar-refractivity contribution in [2.45, 2.75) is 51.4 Å². The molecule has 3 nitrogen and oxygen atoms in total. The van der Waals surface area contributed by atoms with Gasteiger partial charge in [-0.2, -0.15) is 0 Å². The number of hydrogen-bond acceptors (Lipinski definition) is 3. The van der Waals surface area contributed by atoms with Gasteiger partial charge in [0.15, 0.2) is 5.89 Å².